The van der Waals surface area contributed by atoms with Crippen molar-refractivity contribution >= 4 is 21.9 Å². The predicted octanol–water partition coefficient (Wildman–Crippen LogP) is -0.174. The normalized spacial score (nSPS) is 16.8. The van der Waals surface area contributed by atoms with E-state index in [0.717, 1.165) is 10.7 Å². The van der Waals surface area contributed by atoms with Crippen molar-refractivity contribution in [3.63, 3.8) is 0 Å². The highest BCUT2D eigenvalue weighted by molar-refractivity contribution is 7.89. The van der Waals surface area contributed by atoms with E-state index >= 15 is 0 Å². The van der Waals surface area contributed by atoms with Crippen molar-refractivity contribution in [1.82, 2.24) is 14.6 Å². The van der Waals surface area contributed by atoms with Crippen LogP contribution in [0.1, 0.15) is 19.3 Å². The number of carboxylic acid groups (broad SMARTS) is 1. The van der Waals surface area contributed by atoms with Crippen LogP contribution in [0.2, 0.25) is 0 Å². The lowest BCUT2D eigenvalue weighted by atomic mass is 9.77. The molecule has 0 atom stereocenters. The van der Waals surface area contributed by atoms with Crippen LogP contribution in [0.5, 0.6) is 0 Å². The molecule has 8 nitrogen and oxygen atoms in total. The number of nitrogens with one attached hydrogen (secondary N) is 1. The second-order valence-corrected chi connectivity index (χ2v) is 7.28. The molecule has 1 amide bonds. The van der Waals surface area contributed by atoms with Crippen molar-refractivity contribution in [1.29, 1.82) is 0 Å². The monoisotopic (exact) mass is 327 g/mol. The first-order valence-corrected chi connectivity index (χ1v) is 8.13. The van der Waals surface area contributed by atoms with E-state index in [-0.39, 0.29) is 4.90 Å². The number of hydrogen-bond donors (Lipinski definition) is 2. The number of nitrogens with zero attached hydrogens (tertiary/aromatic N) is 2. The molecular weight excluding hydrogens is 310 g/mol. The number of rotatable bonds is 6. The molecule has 1 aromatic rings. The number of aliphatic carboxylic acids is 1. The first kappa shape index (κ1) is 16.4. The molecule has 120 valence electrons. The smallest absolute Gasteiger partial charge is 0.329 e. The molecule has 1 heterocycles. The van der Waals surface area contributed by atoms with E-state index in [4.69, 9.17) is 5.11 Å². The standard InChI is InChI=1S/C13H17N3O5S/c1-16(22(20,21)10-4-2-7-14-8-10)9-11(17)15-13(12(18)19)5-3-6-13/h2,4,7-8H,3,5-6,9H2,1H3,(H,15,17)(H,18,19). The molecule has 9 heteroatoms. The second kappa shape index (κ2) is 6.01. The highest BCUT2D eigenvalue weighted by Crippen LogP contribution is 2.32. The van der Waals surface area contributed by atoms with Gasteiger partial charge < -0.3 is 10.4 Å². The number of sulfonamides is 1. The number of carbonyl (C=O) groups is 2. The molecule has 2 N–H and O–H groups in total. The van der Waals surface area contributed by atoms with Crippen LogP contribution in [0.25, 0.3) is 0 Å². The molecular formula is C13H17N3O5S. The largest absolute Gasteiger partial charge is 0.480 e. The zero-order valence-electron chi connectivity index (χ0n) is 12.0. The lowest BCUT2D eigenvalue weighted by Gasteiger charge is -2.38. The number of aromatic nitrogens is 1. The highest BCUT2D eigenvalue weighted by Gasteiger charge is 2.45. The van der Waals surface area contributed by atoms with E-state index in [2.05, 4.69) is 10.3 Å². The van der Waals surface area contributed by atoms with Crippen LogP contribution in [0.4, 0.5) is 0 Å². The van der Waals surface area contributed by atoms with Gasteiger partial charge in [-0.1, -0.05) is 0 Å². The molecule has 1 fully saturated rings. The fourth-order valence-corrected chi connectivity index (χ4v) is 3.29. The molecule has 2 rings (SSSR count). The van der Waals surface area contributed by atoms with E-state index < -0.39 is 34.0 Å². The van der Waals surface area contributed by atoms with Gasteiger partial charge in [0, 0.05) is 19.4 Å². The summed E-state index contributed by atoms with van der Waals surface area (Å²) in [5.41, 5.74) is -1.25. The molecule has 1 saturated carbocycles. The maximum atomic E-state index is 12.2. The van der Waals surface area contributed by atoms with Gasteiger partial charge in [-0.05, 0) is 31.4 Å². The zero-order valence-corrected chi connectivity index (χ0v) is 12.8. The summed E-state index contributed by atoms with van der Waals surface area (Å²) >= 11 is 0. The van der Waals surface area contributed by atoms with Crippen LogP contribution in [-0.4, -0.2) is 53.8 Å². The van der Waals surface area contributed by atoms with Crippen molar-refractivity contribution < 1.29 is 23.1 Å². The van der Waals surface area contributed by atoms with Gasteiger partial charge in [-0.3, -0.25) is 9.78 Å². The average molecular weight is 327 g/mol. The molecule has 22 heavy (non-hydrogen) atoms. The quantitative estimate of drug-likeness (QED) is 0.749. The van der Waals surface area contributed by atoms with Crippen LogP contribution in [0, 0.1) is 0 Å². The van der Waals surface area contributed by atoms with Crippen molar-refractivity contribution in [2.24, 2.45) is 0 Å². The molecule has 1 aromatic heterocycles. The highest BCUT2D eigenvalue weighted by atomic mass is 32.2. The number of amides is 1. The Morgan fingerprint density at radius 3 is 2.59 bits per heavy atom. The van der Waals surface area contributed by atoms with Crippen LogP contribution in [0.15, 0.2) is 29.4 Å². The number of carbonyl (C=O) groups excluding carboxylic acids is 1. The van der Waals surface area contributed by atoms with Gasteiger partial charge >= 0.3 is 5.97 Å². The third-order valence-electron chi connectivity index (χ3n) is 3.70. The van der Waals surface area contributed by atoms with Crippen molar-refractivity contribution in [2.45, 2.75) is 29.7 Å². The van der Waals surface area contributed by atoms with Crippen molar-refractivity contribution in [3.8, 4) is 0 Å². The predicted molar refractivity (Wildman–Crippen MR) is 76.4 cm³/mol. The third-order valence-corrected chi connectivity index (χ3v) is 5.49. The van der Waals surface area contributed by atoms with E-state index in [1.165, 1.54) is 31.6 Å². The Bertz CT molecular complexity index is 670. The minimum absolute atomic E-state index is 0.0260. The minimum atomic E-state index is -3.84. The molecule has 0 bridgehead atoms. The Kier molecular flexibility index (Phi) is 4.47. The Balaban J connectivity index is 2.04. The summed E-state index contributed by atoms with van der Waals surface area (Å²) < 4.78 is 25.3. The van der Waals surface area contributed by atoms with Gasteiger partial charge in [-0.2, -0.15) is 4.31 Å². The molecule has 0 unspecified atom stereocenters. The third kappa shape index (κ3) is 3.09. The van der Waals surface area contributed by atoms with Gasteiger partial charge in [0.2, 0.25) is 15.9 Å². The van der Waals surface area contributed by atoms with Gasteiger partial charge in [0.25, 0.3) is 0 Å². The maximum Gasteiger partial charge on any atom is 0.329 e. The van der Waals surface area contributed by atoms with Crippen LogP contribution in [-0.2, 0) is 19.6 Å². The van der Waals surface area contributed by atoms with Gasteiger partial charge in [0.1, 0.15) is 10.4 Å². The minimum Gasteiger partial charge on any atom is -0.480 e. The van der Waals surface area contributed by atoms with E-state index in [0.29, 0.717) is 12.8 Å². The molecule has 0 radical (unpaired) electrons. The Morgan fingerprint density at radius 1 is 1.45 bits per heavy atom. The first-order valence-electron chi connectivity index (χ1n) is 6.69. The van der Waals surface area contributed by atoms with Crippen LogP contribution < -0.4 is 5.32 Å². The second-order valence-electron chi connectivity index (χ2n) is 5.24. The van der Waals surface area contributed by atoms with Gasteiger partial charge in [-0.15, -0.1) is 0 Å². The first-order chi connectivity index (χ1) is 10.3. The summed E-state index contributed by atoms with van der Waals surface area (Å²) in [6, 6.07) is 2.86. The average Bonchev–Trinajstić information content (AvgIpc) is 2.43. The molecule has 0 aliphatic heterocycles. The molecule has 0 spiro atoms. The van der Waals surface area contributed by atoms with Crippen LogP contribution in [0.3, 0.4) is 0 Å². The maximum absolute atomic E-state index is 12.2. The summed E-state index contributed by atoms with van der Waals surface area (Å²) in [6.45, 7) is -0.452. The van der Waals surface area contributed by atoms with Crippen molar-refractivity contribution in [2.75, 3.05) is 13.6 Å². The molecule has 1 aliphatic carbocycles. The summed E-state index contributed by atoms with van der Waals surface area (Å²) in [7, 11) is -2.58. The van der Waals surface area contributed by atoms with Crippen molar-refractivity contribution in [3.05, 3.63) is 24.5 Å². The van der Waals surface area contributed by atoms with Crippen LogP contribution >= 0.6 is 0 Å². The summed E-state index contributed by atoms with van der Waals surface area (Å²) in [5, 5.41) is 11.6. The molecule has 0 saturated heterocycles. The fraction of sp³-hybridized carbons (Fsp3) is 0.462. The zero-order chi connectivity index (χ0) is 16.4. The fourth-order valence-electron chi connectivity index (χ4n) is 2.20. The Labute approximate surface area is 128 Å². The topological polar surface area (TPSA) is 117 Å². The number of hydrogen-bond acceptors (Lipinski definition) is 5. The van der Waals surface area contributed by atoms with Gasteiger partial charge in [0.05, 0.1) is 6.54 Å². The van der Waals surface area contributed by atoms with Gasteiger partial charge in [0.15, 0.2) is 0 Å². The Morgan fingerprint density at radius 2 is 2.14 bits per heavy atom. The SMILES string of the molecule is CN(CC(=O)NC1(C(=O)O)CCC1)S(=O)(=O)c1cccnc1. The molecule has 1 aliphatic rings. The van der Waals surface area contributed by atoms with E-state index in [1.54, 1.807) is 0 Å². The van der Waals surface area contributed by atoms with Gasteiger partial charge in [-0.25, -0.2) is 13.2 Å². The summed E-state index contributed by atoms with van der Waals surface area (Å²) in [6.07, 6.45) is 4.06. The number of likely N-dealkylation sites (N-methyl/N-ethyl adjacent to an activating group) is 1. The van der Waals surface area contributed by atoms with E-state index in [1.807, 2.05) is 0 Å². The summed E-state index contributed by atoms with van der Waals surface area (Å²) in [4.78, 5) is 26.8. The lowest BCUT2D eigenvalue weighted by molar-refractivity contribution is -0.151. The number of pyridine rings is 1. The lowest BCUT2D eigenvalue weighted by Crippen LogP contribution is -2.60. The molecule has 0 aromatic carbocycles. The summed E-state index contributed by atoms with van der Waals surface area (Å²) in [5.74, 6) is -1.73. The number of carboxylic acids is 1. The Hall–Kier alpha value is -2.00. The van der Waals surface area contributed by atoms with E-state index in [9.17, 15) is 18.0 Å².